The molecule has 0 bridgehead atoms. The van der Waals surface area contributed by atoms with E-state index in [-0.39, 0.29) is 18.2 Å². The van der Waals surface area contributed by atoms with Crippen molar-refractivity contribution in [2.45, 2.75) is 12.5 Å². The second kappa shape index (κ2) is 6.71. The molecule has 0 spiro atoms. The number of rotatable bonds is 4. The van der Waals surface area contributed by atoms with E-state index in [1.54, 1.807) is 49.6 Å². The lowest BCUT2D eigenvalue weighted by Crippen LogP contribution is -2.34. The monoisotopic (exact) mass is 364 g/mol. The van der Waals surface area contributed by atoms with Gasteiger partial charge in [0.2, 0.25) is 5.91 Å². The second-order valence-electron chi connectivity index (χ2n) is 5.29. The van der Waals surface area contributed by atoms with Gasteiger partial charge in [0.15, 0.2) is 0 Å². The third kappa shape index (κ3) is 3.18. The summed E-state index contributed by atoms with van der Waals surface area (Å²) < 4.78 is 5.08. The standard InChI is InChI=1S/C17H14Cl2N2O3/c1-24-12-5-3-11(4-6-12)21-16(22)9-15(17(21)23)20-14-7-2-10(18)8-13(14)19/h2-8,15,20H,9H2,1H3. The molecule has 0 aliphatic carbocycles. The van der Waals surface area contributed by atoms with Gasteiger partial charge in [-0.15, -0.1) is 0 Å². The van der Waals surface area contributed by atoms with E-state index in [1.165, 1.54) is 4.90 Å². The number of carbonyl (C=O) groups is 2. The van der Waals surface area contributed by atoms with E-state index in [0.29, 0.717) is 27.2 Å². The zero-order valence-electron chi connectivity index (χ0n) is 12.8. The fourth-order valence-corrected chi connectivity index (χ4v) is 3.00. The second-order valence-corrected chi connectivity index (χ2v) is 6.13. The first-order valence-corrected chi connectivity index (χ1v) is 7.97. The van der Waals surface area contributed by atoms with Gasteiger partial charge in [0.05, 0.1) is 29.9 Å². The highest BCUT2D eigenvalue weighted by molar-refractivity contribution is 6.36. The van der Waals surface area contributed by atoms with Crippen LogP contribution in [0.25, 0.3) is 0 Å². The van der Waals surface area contributed by atoms with Crippen molar-refractivity contribution in [2.75, 3.05) is 17.3 Å². The van der Waals surface area contributed by atoms with Gasteiger partial charge in [0.25, 0.3) is 5.91 Å². The molecule has 5 nitrogen and oxygen atoms in total. The fourth-order valence-electron chi connectivity index (χ4n) is 2.54. The predicted octanol–water partition coefficient (Wildman–Crippen LogP) is 3.75. The molecule has 2 amide bonds. The Morgan fingerprint density at radius 3 is 2.46 bits per heavy atom. The third-order valence-corrected chi connectivity index (χ3v) is 4.29. The molecule has 1 aliphatic heterocycles. The van der Waals surface area contributed by atoms with Gasteiger partial charge in [-0.2, -0.15) is 0 Å². The number of amides is 2. The molecule has 0 radical (unpaired) electrons. The van der Waals surface area contributed by atoms with Crippen LogP contribution >= 0.6 is 23.2 Å². The SMILES string of the molecule is COc1ccc(N2C(=O)CC(Nc3ccc(Cl)cc3Cl)C2=O)cc1. The lowest BCUT2D eigenvalue weighted by atomic mass is 10.2. The number of nitrogens with one attached hydrogen (secondary N) is 1. The number of methoxy groups -OCH3 is 1. The van der Waals surface area contributed by atoms with Gasteiger partial charge >= 0.3 is 0 Å². The molecule has 3 rings (SSSR count). The molecule has 1 unspecified atom stereocenters. The van der Waals surface area contributed by atoms with E-state index >= 15 is 0 Å². The topological polar surface area (TPSA) is 58.6 Å². The average molecular weight is 365 g/mol. The van der Waals surface area contributed by atoms with Gasteiger partial charge < -0.3 is 10.1 Å². The Morgan fingerprint density at radius 1 is 1.12 bits per heavy atom. The van der Waals surface area contributed by atoms with Crippen LogP contribution in [0.4, 0.5) is 11.4 Å². The summed E-state index contributed by atoms with van der Waals surface area (Å²) in [4.78, 5) is 26.0. The number of hydrogen-bond acceptors (Lipinski definition) is 4. The van der Waals surface area contributed by atoms with Gasteiger partial charge in [-0.3, -0.25) is 9.59 Å². The number of hydrogen-bond donors (Lipinski definition) is 1. The van der Waals surface area contributed by atoms with Crippen molar-refractivity contribution in [3.8, 4) is 5.75 Å². The molecule has 1 atom stereocenters. The summed E-state index contributed by atoms with van der Waals surface area (Å²) in [6, 6.07) is 11.0. The summed E-state index contributed by atoms with van der Waals surface area (Å²) in [5, 5.41) is 3.90. The van der Waals surface area contributed by atoms with Gasteiger partial charge in [-0.05, 0) is 42.5 Å². The minimum absolute atomic E-state index is 0.0593. The summed E-state index contributed by atoms with van der Waals surface area (Å²) in [6.45, 7) is 0. The van der Waals surface area contributed by atoms with Gasteiger partial charge in [0.1, 0.15) is 11.8 Å². The normalized spacial score (nSPS) is 17.3. The van der Waals surface area contributed by atoms with Crippen molar-refractivity contribution in [1.82, 2.24) is 0 Å². The zero-order valence-corrected chi connectivity index (χ0v) is 14.3. The third-order valence-electron chi connectivity index (χ3n) is 3.74. The molecule has 1 saturated heterocycles. The predicted molar refractivity (Wildman–Crippen MR) is 94.0 cm³/mol. The van der Waals surface area contributed by atoms with Gasteiger partial charge in [-0.1, -0.05) is 23.2 Å². The molecule has 2 aromatic rings. The maximum atomic E-state index is 12.6. The lowest BCUT2D eigenvalue weighted by Gasteiger charge is -2.17. The molecule has 0 aromatic heterocycles. The Balaban J connectivity index is 1.80. The molecular formula is C17H14Cl2N2O3. The molecule has 0 saturated carbocycles. The van der Waals surface area contributed by atoms with Crippen LogP contribution in [0.2, 0.25) is 10.0 Å². The molecule has 1 fully saturated rings. The maximum Gasteiger partial charge on any atom is 0.256 e. The van der Waals surface area contributed by atoms with E-state index in [0.717, 1.165) is 0 Å². The van der Waals surface area contributed by atoms with Crippen molar-refractivity contribution < 1.29 is 14.3 Å². The van der Waals surface area contributed by atoms with Crippen LogP contribution in [0, 0.1) is 0 Å². The Labute approximate surface area is 149 Å². The molecular weight excluding hydrogens is 351 g/mol. The molecule has 2 aromatic carbocycles. The van der Waals surface area contributed by atoms with Crippen LogP contribution in [-0.2, 0) is 9.59 Å². The highest BCUT2D eigenvalue weighted by Crippen LogP contribution is 2.30. The van der Waals surface area contributed by atoms with Crippen LogP contribution in [0.5, 0.6) is 5.75 Å². The van der Waals surface area contributed by atoms with E-state index in [2.05, 4.69) is 5.32 Å². The van der Waals surface area contributed by atoms with Crippen molar-refractivity contribution in [1.29, 1.82) is 0 Å². The van der Waals surface area contributed by atoms with E-state index < -0.39 is 6.04 Å². The van der Waals surface area contributed by atoms with Gasteiger partial charge in [-0.25, -0.2) is 4.90 Å². The molecule has 1 heterocycles. The first-order valence-electron chi connectivity index (χ1n) is 7.22. The quantitative estimate of drug-likeness (QED) is 0.839. The van der Waals surface area contributed by atoms with E-state index in [9.17, 15) is 9.59 Å². The van der Waals surface area contributed by atoms with Crippen molar-refractivity contribution in [3.63, 3.8) is 0 Å². The zero-order chi connectivity index (χ0) is 17.3. The van der Waals surface area contributed by atoms with Crippen molar-refractivity contribution in [2.24, 2.45) is 0 Å². The van der Waals surface area contributed by atoms with Crippen LogP contribution in [-0.4, -0.2) is 25.0 Å². The summed E-state index contributed by atoms with van der Waals surface area (Å²) in [5.41, 5.74) is 1.07. The maximum absolute atomic E-state index is 12.6. The van der Waals surface area contributed by atoms with Gasteiger partial charge in [0, 0.05) is 5.02 Å². The number of anilines is 2. The number of imide groups is 1. The molecule has 7 heteroatoms. The molecule has 24 heavy (non-hydrogen) atoms. The molecule has 1 N–H and O–H groups in total. The molecule has 1 aliphatic rings. The number of ether oxygens (including phenoxy) is 1. The first kappa shape index (κ1) is 16.6. The highest BCUT2D eigenvalue weighted by atomic mass is 35.5. The fraction of sp³-hybridized carbons (Fsp3) is 0.176. The highest BCUT2D eigenvalue weighted by Gasteiger charge is 2.39. The minimum Gasteiger partial charge on any atom is -0.497 e. The van der Waals surface area contributed by atoms with Crippen molar-refractivity contribution >= 4 is 46.4 Å². The summed E-state index contributed by atoms with van der Waals surface area (Å²) >= 11 is 12.0. The van der Waals surface area contributed by atoms with Crippen LogP contribution in [0.3, 0.4) is 0 Å². The van der Waals surface area contributed by atoms with Crippen LogP contribution < -0.4 is 15.0 Å². The molecule has 124 valence electrons. The number of halogens is 2. The lowest BCUT2D eigenvalue weighted by molar-refractivity contribution is -0.121. The number of carbonyl (C=O) groups excluding carboxylic acids is 2. The van der Waals surface area contributed by atoms with E-state index in [4.69, 9.17) is 27.9 Å². The van der Waals surface area contributed by atoms with E-state index in [1.807, 2.05) is 0 Å². The largest absolute Gasteiger partial charge is 0.497 e. The Morgan fingerprint density at radius 2 is 1.83 bits per heavy atom. The van der Waals surface area contributed by atoms with Crippen LogP contribution in [0.1, 0.15) is 6.42 Å². The Hall–Kier alpha value is -2.24. The summed E-state index contributed by atoms with van der Waals surface area (Å²) in [6.07, 6.45) is 0.0593. The van der Waals surface area contributed by atoms with Crippen LogP contribution in [0.15, 0.2) is 42.5 Å². The smallest absolute Gasteiger partial charge is 0.256 e. The number of benzene rings is 2. The Kier molecular flexibility index (Phi) is 4.64. The van der Waals surface area contributed by atoms with Crippen molar-refractivity contribution in [3.05, 3.63) is 52.5 Å². The summed E-state index contributed by atoms with van der Waals surface area (Å²) in [7, 11) is 1.55. The minimum atomic E-state index is -0.668. The first-order chi connectivity index (χ1) is 11.5. The average Bonchev–Trinajstić information content (AvgIpc) is 2.84. The summed E-state index contributed by atoms with van der Waals surface area (Å²) in [5.74, 6) is 0.0596. The Bertz CT molecular complexity index is 793. The number of nitrogens with zero attached hydrogens (tertiary/aromatic N) is 1.